The fourth-order valence-electron chi connectivity index (χ4n) is 0.248. The Morgan fingerprint density at radius 1 is 1.75 bits per heavy atom. The third-order valence-corrected chi connectivity index (χ3v) is 0.765. The SMILES string of the molecule is C=C(CC)O/C=C\C. The fraction of sp³-hybridized carbons (Fsp3) is 0.429. The van der Waals surface area contributed by atoms with E-state index in [1.54, 1.807) is 6.26 Å². The van der Waals surface area contributed by atoms with Crippen LogP contribution in [-0.2, 0) is 4.74 Å². The second kappa shape index (κ2) is 4.44. The summed E-state index contributed by atoms with van der Waals surface area (Å²) in [6.45, 7) is 7.55. The number of hydrogen-bond donors (Lipinski definition) is 0. The Morgan fingerprint density at radius 3 is 2.75 bits per heavy atom. The van der Waals surface area contributed by atoms with Crippen LogP contribution in [-0.4, -0.2) is 0 Å². The normalized spacial score (nSPS) is 9.75. The lowest BCUT2D eigenvalue weighted by Gasteiger charge is -1.96. The van der Waals surface area contributed by atoms with Crippen LogP contribution in [0.5, 0.6) is 0 Å². The van der Waals surface area contributed by atoms with Crippen LogP contribution in [0, 0.1) is 0 Å². The molecule has 0 aliphatic carbocycles. The molecule has 8 heavy (non-hydrogen) atoms. The molecule has 0 rings (SSSR count). The number of ether oxygens (including phenoxy) is 1. The number of rotatable bonds is 3. The van der Waals surface area contributed by atoms with Gasteiger partial charge in [-0.3, -0.25) is 0 Å². The summed E-state index contributed by atoms with van der Waals surface area (Å²) in [5, 5.41) is 0. The minimum Gasteiger partial charge on any atom is -0.470 e. The highest BCUT2D eigenvalue weighted by molar-refractivity contribution is 4.84. The Bertz CT molecular complexity index is 92.6. The average molecular weight is 112 g/mol. The molecule has 0 amide bonds. The molecule has 0 bridgehead atoms. The quantitative estimate of drug-likeness (QED) is 0.509. The van der Waals surface area contributed by atoms with Crippen LogP contribution in [0.2, 0.25) is 0 Å². The molecule has 0 fully saturated rings. The van der Waals surface area contributed by atoms with Gasteiger partial charge in [-0.25, -0.2) is 0 Å². The van der Waals surface area contributed by atoms with E-state index >= 15 is 0 Å². The lowest BCUT2D eigenvalue weighted by atomic mass is 10.4. The number of hydrogen-bond acceptors (Lipinski definition) is 1. The zero-order valence-corrected chi connectivity index (χ0v) is 5.48. The molecule has 46 valence electrons. The van der Waals surface area contributed by atoms with Crippen LogP contribution in [0.25, 0.3) is 0 Å². The third-order valence-electron chi connectivity index (χ3n) is 0.765. The maximum Gasteiger partial charge on any atom is 0.0957 e. The molecule has 0 radical (unpaired) electrons. The van der Waals surface area contributed by atoms with Crippen molar-refractivity contribution in [1.82, 2.24) is 0 Å². The smallest absolute Gasteiger partial charge is 0.0957 e. The highest BCUT2D eigenvalue weighted by Crippen LogP contribution is 1.97. The molecule has 0 aliphatic rings. The Labute approximate surface area is 50.7 Å². The van der Waals surface area contributed by atoms with Gasteiger partial charge in [0.2, 0.25) is 0 Å². The summed E-state index contributed by atoms with van der Waals surface area (Å²) in [4.78, 5) is 0. The van der Waals surface area contributed by atoms with Crippen LogP contribution < -0.4 is 0 Å². The molecule has 0 spiro atoms. The van der Waals surface area contributed by atoms with Gasteiger partial charge in [-0.15, -0.1) is 0 Å². The summed E-state index contributed by atoms with van der Waals surface area (Å²) in [6.07, 6.45) is 4.34. The average Bonchev–Trinajstić information content (AvgIpc) is 1.83. The molecule has 0 atom stereocenters. The number of allylic oxidation sites excluding steroid dienone is 2. The van der Waals surface area contributed by atoms with Crippen molar-refractivity contribution in [3.63, 3.8) is 0 Å². The topological polar surface area (TPSA) is 9.23 Å². The van der Waals surface area contributed by atoms with Gasteiger partial charge in [-0.2, -0.15) is 0 Å². The zero-order chi connectivity index (χ0) is 6.41. The molecule has 0 aromatic heterocycles. The Balaban J connectivity index is 3.25. The van der Waals surface area contributed by atoms with Gasteiger partial charge in [0, 0.05) is 6.42 Å². The van der Waals surface area contributed by atoms with E-state index in [-0.39, 0.29) is 0 Å². The van der Waals surface area contributed by atoms with Gasteiger partial charge >= 0.3 is 0 Å². The predicted octanol–water partition coefficient (Wildman–Crippen LogP) is 2.46. The van der Waals surface area contributed by atoms with Gasteiger partial charge in [0.05, 0.1) is 12.0 Å². The maximum absolute atomic E-state index is 4.97. The van der Waals surface area contributed by atoms with Crippen molar-refractivity contribution in [3.05, 3.63) is 24.7 Å². The molecule has 0 aromatic rings. The van der Waals surface area contributed by atoms with Gasteiger partial charge < -0.3 is 4.74 Å². The largest absolute Gasteiger partial charge is 0.470 e. The van der Waals surface area contributed by atoms with E-state index in [4.69, 9.17) is 4.74 Å². The van der Waals surface area contributed by atoms with Crippen molar-refractivity contribution in [2.24, 2.45) is 0 Å². The standard InChI is InChI=1S/C7H12O/c1-4-6-8-7(3)5-2/h4,6H,3,5H2,1-2H3/b6-4-. The molecule has 0 saturated heterocycles. The molecular formula is C7H12O. The molecule has 0 heterocycles. The van der Waals surface area contributed by atoms with Crippen LogP contribution in [0.3, 0.4) is 0 Å². The second-order valence-electron chi connectivity index (χ2n) is 1.48. The van der Waals surface area contributed by atoms with E-state index in [2.05, 4.69) is 6.58 Å². The minimum atomic E-state index is 0.808. The third kappa shape index (κ3) is 3.47. The van der Waals surface area contributed by atoms with Crippen LogP contribution >= 0.6 is 0 Å². The summed E-state index contributed by atoms with van der Waals surface area (Å²) in [7, 11) is 0. The zero-order valence-electron chi connectivity index (χ0n) is 5.48. The van der Waals surface area contributed by atoms with Crippen LogP contribution in [0.1, 0.15) is 20.3 Å². The van der Waals surface area contributed by atoms with Gasteiger partial charge in [0.15, 0.2) is 0 Å². The minimum absolute atomic E-state index is 0.808. The van der Waals surface area contributed by atoms with Crippen molar-refractivity contribution >= 4 is 0 Å². The molecule has 0 saturated carbocycles. The Morgan fingerprint density at radius 2 is 2.38 bits per heavy atom. The van der Waals surface area contributed by atoms with Crippen molar-refractivity contribution in [3.8, 4) is 0 Å². The van der Waals surface area contributed by atoms with Crippen molar-refractivity contribution in [1.29, 1.82) is 0 Å². The van der Waals surface area contributed by atoms with E-state index in [0.29, 0.717) is 0 Å². The Kier molecular flexibility index (Phi) is 4.04. The molecule has 0 unspecified atom stereocenters. The summed E-state index contributed by atoms with van der Waals surface area (Å²) in [6, 6.07) is 0. The first-order valence-corrected chi connectivity index (χ1v) is 2.76. The lowest BCUT2D eigenvalue weighted by Crippen LogP contribution is -1.77. The maximum atomic E-state index is 4.97. The van der Waals surface area contributed by atoms with Crippen LogP contribution in [0.4, 0.5) is 0 Å². The molecular weight excluding hydrogens is 100 g/mol. The Hall–Kier alpha value is -0.720. The van der Waals surface area contributed by atoms with Gasteiger partial charge in [0.1, 0.15) is 0 Å². The lowest BCUT2D eigenvalue weighted by molar-refractivity contribution is 0.339. The highest BCUT2D eigenvalue weighted by Gasteiger charge is 1.81. The first-order valence-electron chi connectivity index (χ1n) is 2.76. The molecule has 0 aliphatic heterocycles. The van der Waals surface area contributed by atoms with E-state index < -0.39 is 0 Å². The van der Waals surface area contributed by atoms with Gasteiger partial charge in [-0.1, -0.05) is 19.6 Å². The van der Waals surface area contributed by atoms with Gasteiger partial charge in [0.25, 0.3) is 0 Å². The van der Waals surface area contributed by atoms with E-state index in [9.17, 15) is 0 Å². The first kappa shape index (κ1) is 7.28. The highest BCUT2D eigenvalue weighted by atomic mass is 16.5. The summed E-state index contributed by atoms with van der Waals surface area (Å²) >= 11 is 0. The van der Waals surface area contributed by atoms with Crippen molar-refractivity contribution < 1.29 is 4.74 Å². The second-order valence-corrected chi connectivity index (χ2v) is 1.48. The molecule has 0 aromatic carbocycles. The summed E-state index contributed by atoms with van der Waals surface area (Å²) < 4.78 is 4.97. The van der Waals surface area contributed by atoms with E-state index in [0.717, 1.165) is 12.2 Å². The van der Waals surface area contributed by atoms with Crippen LogP contribution in [0.15, 0.2) is 24.7 Å². The first-order chi connectivity index (χ1) is 3.81. The van der Waals surface area contributed by atoms with Gasteiger partial charge in [-0.05, 0) is 6.92 Å². The van der Waals surface area contributed by atoms with Crippen molar-refractivity contribution in [2.75, 3.05) is 0 Å². The van der Waals surface area contributed by atoms with Crippen molar-refractivity contribution in [2.45, 2.75) is 20.3 Å². The van der Waals surface area contributed by atoms with E-state index in [1.165, 1.54) is 0 Å². The predicted molar refractivity (Wildman–Crippen MR) is 35.3 cm³/mol. The molecule has 1 heteroatoms. The molecule has 1 nitrogen and oxygen atoms in total. The van der Waals surface area contributed by atoms with E-state index in [1.807, 2.05) is 19.9 Å². The molecule has 0 N–H and O–H groups in total. The fourth-order valence-corrected chi connectivity index (χ4v) is 0.248. The monoisotopic (exact) mass is 112 g/mol. The summed E-state index contributed by atoms with van der Waals surface area (Å²) in [5.41, 5.74) is 0. The summed E-state index contributed by atoms with van der Waals surface area (Å²) in [5.74, 6) is 0.808.